The quantitative estimate of drug-likeness (QED) is 0.591. The Morgan fingerprint density at radius 1 is 1.03 bits per heavy atom. The number of benzene rings is 2. The lowest BCUT2D eigenvalue weighted by Gasteiger charge is -2.13. The van der Waals surface area contributed by atoms with E-state index in [0.29, 0.717) is 21.7 Å². The molecule has 2 amide bonds. The van der Waals surface area contributed by atoms with Crippen LogP contribution in [0.25, 0.3) is 11.8 Å². The van der Waals surface area contributed by atoms with E-state index in [1.165, 1.54) is 12.1 Å². The number of hydrogen-bond acceptors (Lipinski definition) is 4. The van der Waals surface area contributed by atoms with Crippen LogP contribution in [0.2, 0.25) is 0 Å². The zero-order valence-electron chi connectivity index (χ0n) is 15.1. The zero-order chi connectivity index (χ0) is 20.4. The van der Waals surface area contributed by atoms with Gasteiger partial charge in [-0.05, 0) is 65.9 Å². The summed E-state index contributed by atoms with van der Waals surface area (Å²) in [6, 6.07) is 18.6. The highest BCUT2D eigenvalue weighted by molar-refractivity contribution is 8.18. The third-order valence-corrected chi connectivity index (χ3v) is 5.41. The van der Waals surface area contributed by atoms with Gasteiger partial charge in [0.25, 0.3) is 11.1 Å². The van der Waals surface area contributed by atoms with E-state index in [9.17, 15) is 19.2 Å². The monoisotopic (exact) mass is 403 g/mol. The van der Waals surface area contributed by atoms with Gasteiger partial charge in [-0.3, -0.25) is 14.5 Å². The number of halogens is 1. The highest BCUT2D eigenvalue weighted by Crippen LogP contribution is 2.34. The zero-order valence-corrected chi connectivity index (χ0v) is 15.9. The highest BCUT2D eigenvalue weighted by atomic mass is 32.2. The van der Waals surface area contributed by atoms with Crippen molar-refractivity contribution in [3.63, 3.8) is 0 Å². The standard InChI is InChI=1S/C22H14FN3O2S/c23-17-7-9-18(10-8-17)25-11-3-6-19(25)12-20-21(27)26(22(28)29-20)14-16-5-2-1-4-15(16)13-24/h1-12H,14H2/b20-12+. The summed E-state index contributed by atoms with van der Waals surface area (Å²) in [6.45, 7) is 0.0463. The molecule has 0 spiro atoms. The largest absolute Gasteiger partial charge is 0.317 e. The Morgan fingerprint density at radius 3 is 2.55 bits per heavy atom. The SMILES string of the molecule is N#Cc1ccccc1CN1C(=O)S/C(=C/c2cccn2-c2ccc(F)cc2)C1=O. The number of carbonyl (C=O) groups is 2. The minimum absolute atomic E-state index is 0.0463. The Morgan fingerprint density at radius 2 is 1.79 bits per heavy atom. The number of hydrogen-bond donors (Lipinski definition) is 0. The first-order valence-corrected chi connectivity index (χ1v) is 9.55. The van der Waals surface area contributed by atoms with E-state index in [2.05, 4.69) is 6.07 Å². The molecule has 2 heterocycles. The normalized spacial score (nSPS) is 15.2. The Bertz CT molecular complexity index is 1180. The van der Waals surface area contributed by atoms with Crippen LogP contribution in [0.5, 0.6) is 0 Å². The maximum atomic E-state index is 13.2. The maximum absolute atomic E-state index is 13.2. The molecular weight excluding hydrogens is 389 g/mol. The molecule has 0 atom stereocenters. The molecule has 0 bridgehead atoms. The molecule has 0 aliphatic carbocycles. The van der Waals surface area contributed by atoms with Crippen LogP contribution < -0.4 is 0 Å². The molecule has 29 heavy (non-hydrogen) atoms. The molecule has 0 radical (unpaired) electrons. The Labute approximate surface area is 170 Å². The van der Waals surface area contributed by atoms with Gasteiger partial charge in [-0.25, -0.2) is 4.39 Å². The van der Waals surface area contributed by atoms with E-state index in [0.717, 1.165) is 22.3 Å². The predicted octanol–water partition coefficient (Wildman–Crippen LogP) is 4.72. The molecule has 1 saturated heterocycles. The van der Waals surface area contributed by atoms with Gasteiger partial charge in [-0.2, -0.15) is 5.26 Å². The fourth-order valence-electron chi connectivity index (χ4n) is 3.06. The second-order valence-corrected chi connectivity index (χ2v) is 7.31. The van der Waals surface area contributed by atoms with Crippen molar-refractivity contribution in [1.29, 1.82) is 5.26 Å². The van der Waals surface area contributed by atoms with Gasteiger partial charge in [0.15, 0.2) is 0 Å². The number of amides is 2. The summed E-state index contributed by atoms with van der Waals surface area (Å²) in [5.41, 5.74) is 2.48. The van der Waals surface area contributed by atoms with Gasteiger partial charge in [0, 0.05) is 17.6 Å². The minimum Gasteiger partial charge on any atom is -0.317 e. The van der Waals surface area contributed by atoms with Crippen molar-refractivity contribution in [3.05, 3.63) is 94.4 Å². The van der Waals surface area contributed by atoms with Crippen LogP contribution in [-0.2, 0) is 11.3 Å². The average molecular weight is 403 g/mol. The number of aromatic nitrogens is 1. The second kappa shape index (κ2) is 7.78. The number of thioether (sulfide) groups is 1. The van der Waals surface area contributed by atoms with E-state index in [4.69, 9.17) is 0 Å². The number of nitrogens with zero attached hydrogens (tertiary/aromatic N) is 3. The van der Waals surface area contributed by atoms with E-state index in [-0.39, 0.29) is 17.6 Å². The third kappa shape index (κ3) is 3.71. The molecule has 1 aromatic heterocycles. The molecule has 1 fully saturated rings. The molecule has 0 N–H and O–H groups in total. The molecule has 142 valence electrons. The Kier molecular flexibility index (Phi) is 5.02. The van der Waals surface area contributed by atoms with E-state index in [1.54, 1.807) is 53.2 Å². The smallest absolute Gasteiger partial charge is 0.293 e. The summed E-state index contributed by atoms with van der Waals surface area (Å²) in [5, 5.41) is 8.84. The van der Waals surface area contributed by atoms with Crippen LogP contribution in [0.4, 0.5) is 9.18 Å². The van der Waals surface area contributed by atoms with Gasteiger partial charge < -0.3 is 4.57 Å². The summed E-state index contributed by atoms with van der Waals surface area (Å²) in [5.74, 6) is -0.735. The molecule has 5 nitrogen and oxygen atoms in total. The number of nitriles is 1. The fourth-order valence-corrected chi connectivity index (χ4v) is 3.88. The molecule has 7 heteroatoms. The first-order valence-electron chi connectivity index (χ1n) is 8.73. The Hall–Kier alpha value is -3.63. The van der Waals surface area contributed by atoms with Crippen LogP contribution in [0, 0.1) is 17.1 Å². The predicted molar refractivity (Wildman–Crippen MR) is 108 cm³/mol. The van der Waals surface area contributed by atoms with Gasteiger partial charge >= 0.3 is 0 Å². The van der Waals surface area contributed by atoms with Crippen molar-refractivity contribution in [2.24, 2.45) is 0 Å². The first kappa shape index (κ1) is 18.7. The molecule has 1 aliphatic rings. The Balaban J connectivity index is 1.61. The summed E-state index contributed by atoms with van der Waals surface area (Å²) in [4.78, 5) is 26.7. The lowest BCUT2D eigenvalue weighted by molar-refractivity contribution is -0.123. The van der Waals surface area contributed by atoms with Gasteiger partial charge in [0.1, 0.15) is 5.82 Å². The van der Waals surface area contributed by atoms with E-state index in [1.807, 2.05) is 12.1 Å². The lowest BCUT2D eigenvalue weighted by Crippen LogP contribution is -2.27. The summed E-state index contributed by atoms with van der Waals surface area (Å²) >= 11 is 0.861. The minimum atomic E-state index is -0.403. The molecule has 4 rings (SSSR count). The van der Waals surface area contributed by atoms with Gasteiger partial charge in [-0.15, -0.1) is 0 Å². The van der Waals surface area contributed by atoms with Crippen LogP contribution in [0.1, 0.15) is 16.8 Å². The van der Waals surface area contributed by atoms with Gasteiger partial charge in [0.2, 0.25) is 0 Å². The van der Waals surface area contributed by atoms with Crippen LogP contribution in [-0.4, -0.2) is 20.6 Å². The third-order valence-electron chi connectivity index (χ3n) is 4.50. The number of imide groups is 1. The molecular formula is C22H14FN3O2S. The van der Waals surface area contributed by atoms with Crippen molar-refractivity contribution in [1.82, 2.24) is 9.47 Å². The van der Waals surface area contributed by atoms with E-state index >= 15 is 0 Å². The van der Waals surface area contributed by atoms with E-state index < -0.39 is 5.91 Å². The molecule has 1 aliphatic heterocycles. The van der Waals surface area contributed by atoms with Gasteiger partial charge in [0.05, 0.1) is 23.1 Å². The van der Waals surface area contributed by atoms with Crippen molar-refractivity contribution >= 4 is 29.0 Å². The molecule has 3 aromatic rings. The van der Waals surface area contributed by atoms with Crippen LogP contribution >= 0.6 is 11.8 Å². The van der Waals surface area contributed by atoms with Crippen molar-refractivity contribution in [3.8, 4) is 11.8 Å². The highest BCUT2D eigenvalue weighted by Gasteiger charge is 2.35. The molecule has 0 saturated carbocycles. The average Bonchev–Trinajstić information content (AvgIpc) is 3.29. The topological polar surface area (TPSA) is 66.1 Å². The van der Waals surface area contributed by atoms with Crippen molar-refractivity contribution in [2.75, 3.05) is 0 Å². The first-order chi connectivity index (χ1) is 14.1. The number of rotatable bonds is 4. The fraction of sp³-hybridized carbons (Fsp3) is 0.0455. The summed E-state index contributed by atoms with van der Waals surface area (Å²) < 4.78 is 15.0. The molecule has 0 unspecified atom stereocenters. The van der Waals surface area contributed by atoms with Crippen LogP contribution in [0.15, 0.2) is 71.8 Å². The number of carbonyl (C=O) groups excluding carboxylic acids is 2. The maximum Gasteiger partial charge on any atom is 0.293 e. The summed E-state index contributed by atoms with van der Waals surface area (Å²) in [6.07, 6.45) is 3.44. The lowest BCUT2D eigenvalue weighted by atomic mass is 10.1. The van der Waals surface area contributed by atoms with Crippen molar-refractivity contribution < 1.29 is 14.0 Å². The second-order valence-electron chi connectivity index (χ2n) is 6.32. The van der Waals surface area contributed by atoms with Gasteiger partial charge in [-0.1, -0.05) is 18.2 Å². The summed E-state index contributed by atoms with van der Waals surface area (Å²) in [7, 11) is 0. The van der Waals surface area contributed by atoms with Crippen molar-refractivity contribution in [2.45, 2.75) is 6.54 Å². The molecule has 2 aromatic carbocycles. The van der Waals surface area contributed by atoms with Crippen LogP contribution in [0.3, 0.4) is 0 Å².